The van der Waals surface area contributed by atoms with Crippen molar-refractivity contribution in [2.24, 2.45) is 22.2 Å². The fraction of sp³-hybridized carbons (Fsp3) is 0.475. The lowest BCUT2D eigenvalue weighted by molar-refractivity contribution is -0.147. The van der Waals surface area contributed by atoms with Crippen LogP contribution in [0.1, 0.15) is 56.7 Å². The minimum absolute atomic E-state index is 0.0154. The fourth-order valence-corrected chi connectivity index (χ4v) is 7.15. The van der Waals surface area contributed by atoms with E-state index in [-0.39, 0.29) is 57.6 Å². The zero-order valence-corrected chi connectivity index (χ0v) is 35.8. The van der Waals surface area contributed by atoms with Crippen LogP contribution in [0.15, 0.2) is 48.0 Å². The molecular weight excluding hydrogens is 871 g/mol. The van der Waals surface area contributed by atoms with Crippen molar-refractivity contribution in [2.45, 2.75) is 107 Å². The Kier molecular flexibility index (Phi) is 18.5. The first-order valence-electron chi connectivity index (χ1n) is 20.8. The molecule has 1 fully saturated rings. The van der Waals surface area contributed by atoms with Crippen LogP contribution in [0.2, 0.25) is 0 Å². The number of H-pyrrole nitrogens is 2. The first kappa shape index (κ1) is 51.0. The summed E-state index contributed by atoms with van der Waals surface area (Å²) >= 11 is 0. The van der Waals surface area contributed by atoms with E-state index in [9.17, 15) is 63.6 Å². The molecule has 66 heavy (non-hydrogen) atoms. The first-order valence-corrected chi connectivity index (χ1v) is 20.8. The van der Waals surface area contributed by atoms with Gasteiger partial charge in [-0.1, -0.05) is 18.2 Å². The highest BCUT2D eigenvalue weighted by atomic mass is 16.4. The van der Waals surface area contributed by atoms with E-state index in [1.165, 1.54) is 25.6 Å². The minimum atomic E-state index is -1.91. The predicted molar refractivity (Wildman–Crippen MR) is 230 cm³/mol. The molecule has 4 rings (SSSR count). The maximum Gasteiger partial charge on any atom is 0.326 e. The molecule has 26 heteroatoms. The molecule has 1 aliphatic rings. The van der Waals surface area contributed by atoms with Crippen LogP contribution >= 0.6 is 0 Å². The predicted octanol–water partition coefficient (Wildman–Crippen LogP) is -4.11. The Balaban J connectivity index is 1.58. The Morgan fingerprint density at radius 2 is 1.42 bits per heavy atom. The van der Waals surface area contributed by atoms with Gasteiger partial charge in [0.05, 0.1) is 25.3 Å². The quantitative estimate of drug-likeness (QED) is 0.0218. The van der Waals surface area contributed by atoms with Gasteiger partial charge in [0.2, 0.25) is 35.4 Å². The minimum Gasteiger partial charge on any atom is -0.481 e. The second kappa shape index (κ2) is 23.9. The van der Waals surface area contributed by atoms with Gasteiger partial charge < -0.3 is 79.1 Å². The van der Waals surface area contributed by atoms with Crippen LogP contribution in [0.5, 0.6) is 0 Å². The number of aliphatic imine (C=N–C) groups is 1. The molecule has 0 spiro atoms. The molecule has 8 atom stereocenters. The number of hydrogen-bond donors (Lipinski definition) is 14. The summed E-state index contributed by atoms with van der Waals surface area (Å²) in [5.41, 5.74) is 18.3. The Morgan fingerprint density at radius 1 is 0.818 bits per heavy atom. The van der Waals surface area contributed by atoms with Gasteiger partial charge in [0, 0.05) is 54.9 Å². The molecule has 0 aliphatic carbocycles. The van der Waals surface area contributed by atoms with E-state index in [1.54, 1.807) is 24.3 Å². The molecule has 2 aromatic heterocycles. The average molecular weight is 926 g/mol. The number of benzene rings is 1. The van der Waals surface area contributed by atoms with Gasteiger partial charge in [-0.3, -0.25) is 43.3 Å². The Morgan fingerprint density at radius 3 is 2.05 bits per heavy atom. The normalized spacial score (nSPS) is 16.6. The molecule has 26 nitrogen and oxygen atoms in total. The number of carbonyl (C=O) groups is 9. The summed E-state index contributed by atoms with van der Waals surface area (Å²) in [7, 11) is 0. The van der Waals surface area contributed by atoms with E-state index in [2.05, 4.69) is 46.5 Å². The van der Waals surface area contributed by atoms with Crippen molar-refractivity contribution in [1.29, 1.82) is 0 Å². The molecule has 17 N–H and O–H groups in total. The number of rotatable bonds is 25. The number of para-hydroxylation sites is 1. The number of aromatic amines is 2. The number of fused-ring (bicyclic) bond motifs is 1. The summed E-state index contributed by atoms with van der Waals surface area (Å²) in [6, 6.07) is -3.95. The lowest BCUT2D eigenvalue weighted by Gasteiger charge is -2.31. The number of imidazole rings is 1. The van der Waals surface area contributed by atoms with Crippen molar-refractivity contribution in [3.63, 3.8) is 0 Å². The molecule has 0 radical (unpaired) electrons. The summed E-state index contributed by atoms with van der Waals surface area (Å²) in [5, 5.41) is 51.1. The average Bonchev–Trinajstić information content (AvgIpc) is 4.05. The molecule has 3 aromatic rings. The fourth-order valence-electron chi connectivity index (χ4n) is 7.15. The molecular formula is C40H55N13O13. The number of aliphatic hydroxyl groups excluding tert-OH is 1. The standard InChI is InChI=1S/C40H55N13O13/c1-19(54)32(41)37(63)51-26(13-21-17-44-18-47-21)34(60)48-24(8-4-10-45-40(42)43)38(64)53-11-5-9-29(53)36(62)50-27(14-30(55)56)35(61)49-25(33(59)52-28(39(65)66)15-31(57)58)12-20-16-46-23-7-3-2-6-22(20)23/h2-3,6-7,16-19,24-29,32,46,54H,4-5,8-15,41H2,1H3,(H,44,47)(H,48,60)(H,49,61)(H,50,62)(H,51,63)(H,52,59)(H,55,56)(H,57,58)(H,65,66)(H4,42,43,45)/t19-,24+,25+,26+,27+,28+,29+,32+/m1/s1. The van der Waals surface area contributed by atoms with Crippen LogP contribution in [-0.4, -0.2) is 161 Å². The number of nitrogens with two attached hydrogens (primary N) is 3. The van der Waals surface area contributed by atoms with E-state index in [0.717, 1.165) is 4.90 Å². The van der Waals surface area contributed by atoms with Crippen molar-refractivity contribution in [3.8, 4) is 0 Å². The van der Waals surface area contributed by atoms with E-state index in [4.69, 9.17) is 17.2 Å². The second-order valence-electron chi connectivity index (χ2n) is 15.6. The van der Waals surface area contributed by atoms with Crippen LogP contribution in [0, 0.1) is 0 Å². The third-order valence-electron chi connectivity index (χ3n) is 10.6. The molecule has 0 bridgehead atoms. The van der Waals surface area contributed by atoms with Crippen LogP contribution in [0.3, 0.4) is 0 Å². The highest BCUT2D eigenvalue weighted by Gasteiger charge is 2.40. The van der Waals surface area contributed by atoms with Gasteiger partial charge in [0.25, 0.3) is 0 Å². The van der Waals surface area contributed by atoms with Gasteiger partial charge in [-0.2, -0.15) is 0 Å². The Bertz CT molecular complexity index is 2260. The summed E-state index contributed by atoms with van der Waals surface area (Å²) in [5.74, 6) is -10.8. The number of carbonyl (C=O) groups excluding carboxylic acids is 6. The van der Waals surface area contributed by atoms with Crippen LogP contribution in [0.4, 0.5) is 0 Å². The van der Waals surface area contributed by atoms with Crippen LogP contribution in [0.25, 0.3) is 10.9 Å². The van der Waals surface area contributed by atoms with Gasteiger partial charge in [0.15, 0.2) is 5.96 Å². The Hall–Kier alpha value is -7.61. The largest absolute Gasteiger partial charge is 0.481 e. The van der Waals surface area contributed by atoms with Gasteiger partial charge >= 0.3 is 17.9 Å². The maximum atomic E-state index is 14.3. The molecule has 1 aliphatic heterocycles. The van der Waals surface area contributed by atoms with Crippen molar-refractivity contribution in [3.05, 3.63) is 54.2 Å². The smallest absolute Gasteiger partial charge is 0.326 e. The molecule has 1 saturated heterocycles. The lowest BCUT2D eigenvalue weighted by atomic mass is 10.0. The number of aliphatic carboxylic acids is 3. The zero-order chi connectivity index (χ0) is 48.7. The number of guanidine groups is 1. The van der Waals surface area contributed by atoms with Gasteiger partial charge in [-0.05, 0) is 44.2 Å². The number of nitrogens with one attached hydrogen (secondary N) is 7. The van der Waals surface area contributed by atoms with E-state index in [0.29, 0.717) is 22.2 Å². The number of amides is 6. The number of aliphatic hydroxyl groups is 1. The van der Waals surface area contributed by atoms with Crippen molar-refractivity contribution < 1.29 is 63.6 Å². The second-order valence-corrected chi connectivity index (χ2v) is 15.6. The summed E-state index contributed by atoms with van der Waals surface area (Å²) < 4.78 is 0. The monoisotopic (exact) mass is 925 g/mol. The van der Waals surface area contributed by atoms with Crippen molar-refractivity contribution in [2.75, 3.05) is 13.1 Å². The van der Waals surface area contributed by atoms with E-state index in [1.807, 2.05) is 0 Å². The highest BCUT2D eigenvalue weighted by molar-refractivity contribution is 5.99. The van der Waals surface area contributed by atoms with E-state index < -0.39 is 115 Å². The van der Waals surface area contributed by atoms with Crippen molar-refractivity contribution in [1.82, 2.24) is 46.4 Å². The number of carboxylic acid groups (broad SMARTS) is 3. The molecule has 0 saturated carbocycles. The van der Waals surface area contributed by atoms with Gasteiger partial charge in [-0.25, -0.2) is 9.78 Å². The van der Waals surface area contributed by atoms with Crippen LogP contribution < -0.4 is 43.8 Å². The maximum absolute atomic E-state index is 14.3. The topological polar surface area (TPSA) is 433 Å². The molecule has 358 valence electrons. The highest BCUT2D eigenvalue weighted by Crippen LogP contribution is 2.22. The number of aromatic nitrogens is 3. The summed E-state index contributed by atoms with van der Waals surface area (Å²) in [6.07, 6.45) is 0.895. The summed E-state index contributed by atoms with van der Waals surface area (Å²) in [6.45, 7) is 1.30. The third-order valence-corrected chi connectivity index (χ3v) is 10.6. The van der Waals surface area contributed by atoms with Gasteiger partial charge in [0.1, 0.15) is 42.3 Å². The number of hydrogen-bond acceptors (Lipinski definition) is 13. The zero-order valence-electron chi connectivity index (χ0n) is 35.8. The lowest BCUT2D eigenvalue weighted by Crippen LogP contribution is -2.60. The Labute approximate surface area is 375 Å². The molecule has 0 unspecified atom stereocenters. The van der Waals surface area contributed by atoms with E-state index >= 15 is 0 Å². The molecule has 3 heterocycles. The first-order chi connectivity index (χ1) is 31.2. The van der Waals surface area contributed by atoms with Gasteiger partial charge in [-0.15, -0.1) is 0 Å². The van der Waals surface area contributed by atoms with Crippen LogP contribution in [-0.2, 0) is 56.0 Å². The number of nitrogens with zero attached hydrogens (tertiary/aromatic N) is 3. The molecule has 1 aromatic carbocycles. The SMILES string of the molecule is C[C@@H](O)[C@H](N)C(=O)N[C@@H](Cc1cnc[nH]1)C(=O)N[C@@H](CCCN=C(N)N)C(=O)N1CCC[C@H]1C(=O)N[C@@H](CC(=O)O)C(=O)N[C@@H](Cc1c[nH]c2ccccc12)C(=O)N[C@@H](CC(=O)O)C(=O)O. The summed E-state index contributed by atoms with van der Waals surface area (Å²) in [4.78, 5) is 133. The number of carboxylic acids is 3. The number of likely N-dealkylation sites (tertiary alicyclic amines) is 1. The molecule has 6 amide bonds. The van der Waals surface area contributed by atoms with Crippen molar-refractivity contribution >= 4 is 70.2 Å². The third kappa shape index (κ3) is 14.7.